The highest BCUT2D eigenvalue weighted by molar-refractivity contribution is 7.98. The first-order valence-corrected chi connectivity index (χ1v) is 11.6. The number of methoxy groups -OCH3 is 1. The second-order valence-electron chi connectivity index (χ2n) is 7.31. The molecule has 0 fully saturated rings. The summed E-state index contributed by atoms with van der Waals surface area (Å²) in [6, 6.07) is 22.9. The van der Waals surface area contributed by atoms with E-state index in [0.29, 0.717) is 40.1 Å². The molecule has 0 atom stereocenters. The van der Waals surface area contributed by atoms with Crippen molar-refractivity contribution in [2.24, 2.45) is 0 Å². The molecule has 2 aromatic heterocycles. The van der Waals surface area contributed by atoms with Crippen LogP contribution in [0.3, 0.4) is 0 Å². The van der Waals surface area contributed by atoms with Gasteiger partial charge in [-0.25, -0.2) is 4.57 Å². The van der Waals surface area contributed by atoms with Gasteiger partial charge in [-0.05, 0) is 37.3 Å². The number of fused-ring (bicyclic) bond motifs is 3. The molecule has 0 aliphatic carbocycles. The molecule has 33 heavy (non-hydrogen) atoms. The van der Waals surface area contributed by atoms with Crippen LogP contribution in [0.15, 0.2) is 82.7 Å². The number of para-hydroxylation sites is 2. The fraction of sp³-hybridized carbons (Fsp3) is 0.160. The molecular formula is C25H22N4O3S. The maximum Gasteiger partial charge on any atom is 0.267 e. The molecule has 0 saturated carbocycles. The molecule has 0 aliphatic rings. The van der Waals surface area contributed by atoms with E-state index in [9.17, 15) is 4.79 Å². The number of hydrogen-bond donors (Lipinski definition) is 0. The highest BCUT2D eigenvalue weighted by Crippen LogP contribution is 2.29. The summed E-state index contributed by atoms with van der Waals surface area (Å²) in [4.78, 5) is 13.5. The Bertz CT molecular complexity index is 1510. The Morgan fingerprint density at radius 3 is 2.64 bits per heavy atom. The number of thioether (sulfide) groups is 1. The molecule has 166 valence electrons. The lowest BCUT2D eigenvalue weighted by Crippen LogP contribution is -2.21. The molecule has 8 heteroatoms. The summed E-state index contributed by atoms with van der Waals surface area (Å²) in [7, 11) is 1.60. The summed E-state index contributed by atoms with van der Waals surface area (Å²) in [5.41, 5.74) is 2.35. The molecule has 0 bridgehead atoms. The van der Waals surface area contributed by atoms with Crippen LogP contribution in [0, 0.1) is 0 Å². The van der Waals surface area contributed by atoms with Crippen molar-refractivity contribution in [1.29, 1.82) is 0 Å². The summed E-state index contributed by atoms with van der Waals surface area (Å²) in [6.07, 6.45) is 0. The van der Waals surface area contributed by atoms with Crippen molar-refractivity contribution < 1.29 is 9.47 Å². The van der Waals surface area contributed by atoms with Crippen LogP contribution >= 0.6 is 11.8 Å². The topological polar surface area (TPSA) is 70.7 Å². The molecule has 0 amide bonds. The summed E-state index contributed by atoms with van der Waals surface area (Å²) in [5, 5.41) is 10.2. The van der Waals surface area contributed by atoms with Crippen LogP contribution in [0.25, 0.3) is 22.4 Å². The molecule has 0 spiro atoms. The van der Waals surface area contributed by atoms with Crippen LogP contribution in [0.1, 0.15) is 12.5 Å². The highest BCUT2D eigenvalue weighted by atomic mass is 32.2. The summed E-state index contributed by atoms with van der Waals surface area (Å²) >= 11 is 1.55. The Labute approximate surface area is 194 Å². The Kier molecular flexibility index (Phi) is 5.75. The van der Waals surface area contributed by atoms with Crippen LogP contribution in [0.5, 0.6) is 11.5 Å². The van der Waals surface area contributed by atoms with Crippen molar-refractivity contribution >= 4 is 28.4 Å². The van der Waals surface area contributed by atoms with Gasteiger partial charge in [-0.15, -0.1) is 10.2 Å². The first kappa shape index (κ1) is 21.1. The zero-order chi connectivity index (χ0) is 22.8. The van der Waals surface area contributed by atoms with E-state index >= 15 is 0 Å². The van der Waals surface area contributed by atoms with Gasteiger partial charge in [0.25, 0.3) is 5.56 Å². The van der Waals surface area contributed by atoms with E-state index < -0.39 is 0 Å². The SMILES string of the molecule is CCOc1ccccc1CSc1nnc2n(-c3cccc(OC)c3)c(=O)c3ccccc3n12. The van der Waals surface area contributed by atoms with Gasteiger partial charge in [0.2, 0.25) is 5.78 Å². The third kappa shape index (κ3) is 3.82. The minimum Gasteiger partial charge on any atom is -0.497 e. The highest BCUT2D eigenvalue weighted by Gasteiger charge is 2.18. The molecular weight excluding hydrogens is 436 g/mol. The van der Waals surface area contributed by atoms with Crippen molar-refractivity contribution in [3.63, 3.8) is 0 Å². The maximum atomic E-state index is 13.5. The van der Waals surface area contributed by atoms with Crippen molar-refractivity contribution in [3.8, 4) is 17.2 Å². The lowest BCUT2D eigenvalue weighted by Gasteiger charge is -2.12. The largest absolute Gasteiger partial charge is 0.497 e. The van der Waals surface area contributed by atoms with E-state index in [4.69, 9.17) is 9.47 Å². The average molecular weight is 459 g/mol. The summed E-state index contributed by atoms with van der Waals surface area (Å²) in [6.45, 7) is 2.58. The van der Waals surface area contributed by atoms with Gasteiger partial charge >= 0.3 is 0 Å². The van der Waals surface area contributed by atoms with E-state index in [2.05, 4.69) is 10.2 Å². The monoisotopic (exact) mass is 458 g/mol. The lowest BCUT2D eigenvalue weighted by atomic mass is 10.2. The Hall–Kier alpha value is -3.78. The van der Waals surface area contributed by atoms with Crippen LogP contribution in [-0.4, -0.2) is 32.9 Å². The zero-order valence-electron chi connectivity index (χ0n) is 18.3. The standard InChI is InChI=1S/C25H22N4O3S/c1-3-32-22-14-7-4-9-17(22)16-33-25-27-26-24-28(18-10-8-11-19(15-18)31-2)23(30)20-12-5-6-13-21(20)29(24)25/h4-15H,3,16H2,1-2H3. The minimum atomic E-state index is -0.156. The third-order valence-electron chi connectivity index (χ3n) is 5.34. The summed E-state index contributed by atoms with van der Waals surface area (Å²) in [5.74, 6) is 2.63. The van der Waals surface area contributed by atoms with E-state index in [-0.39, 0.29) is 5.56 Å². The molecule has 0 saturated heterocycles. The second-order valence-corrected chi connectivity index (χ2v) is 8.25. The van der Waals surface area contributed by atoms with Gasteiger partial charge in [0, 0.05) is 17.4 Å². The molecule has 0 unspecified atom stereocenters. The second kappa shape index (κ2) is 8.99. The quantitative estimate of drug-likeness (QED) is 0.328. The number of rotatable bonds is 7. The molecule has 5 aromatic rings. The van der Waals surface area contributed by atoms with Crippen LogP contribution < -0.4 is 15.0 Å². The molecule has 5 rings (SSSR count). The smallest absolute Gasteiger partial charge is 0.267 e. The number of benzene rings is 3. The van der Waals surface area contributed by atoms with Crippen LogP contribution in [0.2, 0.25) is 0 Å². The number of nitrogens with zero attached hydrogens (tertiary/aromatic N) is 4. The Morgan fingerprint density at radius 1 is 0.970 bits per heavy atom. The fourth-order valence-electron chi connectivity index (χ4n) is 3.82. The molecule has 0 N–H and O–H groups in total. The molecule has 3 aromatic carbocycles. The number of aromatic nitrogens is 4. The third-order valence-corrected chi connectivity index (χ3v) is 6.31. The van der Waals surface area contributed by atoms with Crippen molar-refractivity contribution in [3.05, 3.63) is 88.7 Å². The first-order chi connectivity index (χ1) is 16.2. The molecule has 2 heterocycles. The van der Waals surface area contributed by atoms with Crippen molar-refractivity contribution in [2.45, 2.75) is 17.8 Å². The molecule has 0 aliphatic heterocycles. The van der Waals surface area contributed by atoms with Gasteiger partial charge in [-0.3, -0.25) is 9.20 Å². The zero-order valence-corrected chi connectivity index (χ0v) is 19.1. The maximum absolute atomic E-state index is 13.5. The van der Waals surface area contributed by atoms with E-state index in [0.717, 1.165) is 16.8 Å². The molecule has 0 radical (unpaired) electrons. The van der Waals surface area contributed by atoms with E-state index in [1.165, 1.54) is 0 Å². The van der Waals surface area contributed by atoms with Gasteiger partial charge in [-0.2, -0.15) is 0 Å². The van der Waals surface area contributed by atoms with E-state index in [1.807, 2.05) is 84.1 Å². The normalized spacial score (nSPS) is 11.2. The van der Waals surface area contributed by atoms with Gasteiger partial charge in [0.05, 0.1) is 30.3 Å². The van der Waals surface area contributed by atoms with Gasteiger partial charge < -0.3 is 9.47 Å². The van der Waals surface area contributed by atoms with Gasteiger partial charge in [-0.1, -0.05) is 48.2 Å². The number of hydrogen-bond acceptors (Lipinski definition) is 6. The average Bonchev–Trinajstić information content (AvgIpc) is 3.28. The summed E-state index contributed by atoms with van der Waals surface area (Å²) < 4.78 is 14.6. The predicted octanol–water partition coefficient (Wildman–Crippen LogP) is 4.73. The minimum absolute atomic E-state index is 0.156. The Balaban J connectivity index is 1.67. The van der Waals surface area contributed by atoms with Gasteiger partial charge in [0.1, 0.15) is 11.5 Å². The lowest BCUT2D eigenvalue weighted by molar-refractivity contribution is 0.337. The van der Waals surface area contributed by atoms with E-state index in [1.54, 1.807) is 23.4 Å². The Morgan fingerprint density at radius 2 is 1.79 bits per heavy atom. The van der Waals surface area contributed by atoms with Crippen molar-refractivity contribution in [1.82, 2.24) is 19.2 Å². The van der Waals surface area contributed by atoms with Crippen LogP contribution in [0.4, 0.5) is 0 Å². The number of ether oxygens (including phenoxy) is 2. The molecule has 7 nitrogen and oxygen atoms in total. The van der Waals surface area contributed by atoms with Crippen LogP contribution in [-0.2, 0) is 5.75 Å². The predicted molar refractivity (Wildman–Crippen MR) is 130 cm³/mol. The van der Waals surface area contributed by atoms with Gasteiger partial charge in [0.15, 0.2) is 5.16 Å². The van der Waals surface area contributed by atoms with Crippen molar-refractivity contribution in [2.75, 3.05) is 13.7 Å². The first-order valence-electron chi connectivity index (χ1n) is 10.6. The fourth-order valence-corrected chi connectivity index (χ4v) is 4.75.